The van der Waals surface area contributed by atoms with E-state index < -0.39 is 0 Å². The van der Waals surface area contributed by atoms with Gasteiger partial charge in [-0.2, -0.15) is 0 Å². The first-order valence-corrected chi connectivity index (χ1v) is 6.96. The molecule has 0 spiro atoms. The fraction of sp³-hybridized carbons (Fsp3) is 0.533. The largest absolute Gasteiger partial charge is 0.445 e. The molecule has 19 heavy (non-hydrogen) atoms. The Bertz CT molecular complexity index is 394. The highest BCUT2D eigenvalue weighted by molar-refractivity contribution is 5.68. The Morgan fingerprint density at radius 1 is 1.42 bits per heavy atom. The second kappa shape index (κ2) is 7.14. The summed E-state index contributed by atoms with van der Waals surface area (Å²) in [5.41, 5.74) is 1.03. The fourth-order valence-electron chi connectivity index (χ4n) is 2.32. The Balaban J connectivity index is 1.72. The third kappa shape index (κ3) is 4.24. The van der Waals surface area contributed by atoms with Gasteiger partial charge in [-0.1, -0.05) is 37.3 Å². The van der Waals surface area contributed by atoms with Gasteiger partial charge in [0, 0.05) is 13.1 Å². The van der Waals surface area contributed by atoms with Gasteiger partial charge in [0.2, 0.25) is 0 Å². The molecule has 0 radical (unpaired) electrons. The highest BCUT2D eigenvalue weighted by Gasteiger charge is 2.26. The number of amides is 1. The quantitative estimate of drug-likeness (QED) is 0.885. The van der Waals surface area contributed by atoms with Crippen molar-refractivity contribution in [2.75, 3.05) is 26.2 Å². The van der Waals surface area contributed by atoms with Crippen molar-refractivity contribution in [3.8, 4) is 0 Å². The summed E-state index contributed by atoms with van der Waals surface area (Å²) in [5, 5.41) is 3.33. The third-order valence-electron chi connectivity index (χ3n) is 3.43. The van der Waals surface area contributed by atoms with Crippen molar-refractivity contribution in [2.24, 2.45) is 5.92 Å². The number of hydrogen-bond acceptors (Lipinski definition) is 3. The van der Waals surface area contributed by atoms with Crippen molar-refractivity contribution in [3.63, 3.8) is 0 Å². The molecule has 1 saturated heterocycles. The predicted octanol–water partition coefficient (Wildman–Crippen LogP) is 2.25. The smallest absolute Gasteiger partial charge is 0.410 e. The average molecular weight is 262 g/mol. The third-order valence-corrected chi connectivity index (χ3v) is 3.43. The zero-order chi connectivity index (χ0) is 13.5. The van der Waals surface area contributed by atoms with Crippen LogP contribution in [0.15, 0.2) is 30.3 Å². The minimum Gasteiger partial charge on any atom is -0.445 e. The first kappa shape index (κ1) is 13.9. The molecule has 0 saturated carbocycles. The summed E-state index contributed by atoms with van der Waals surface area (Å²) in [7, 11) is 0. The average Bonchev–Trinajstić information content (AvgIpc) is 2.92. The van der Waals surface area contributed by atoms with Crippen molar-refractivity contribution in [2.45, 2.75) is 20.0 Å². The van der Waals surface area contributed by atoms with Crippen LogP contribution in [0.1, 0.15) is 18.9 Å². The number of nitrogens with zero attached hydrogens (tertiary/aromatic N) is 1. The van der Waals surface area contributed by atoms with E-state index >= 15 is 0 Å². The summed E-state index contributed by atoms with van der Waals surface area (Å²) < 4.78 is 5.33. The van der Waals surface area contributed by atoms with Crippen LogP contribution in [-0.2, 0) is 11.3 Å². The summed E-state index contributed by atoms with van der Waals surface area (Å²) in [5.74, 6) is 0.559. The van der Waals surface area contributed by atoms with Gasteiger partial charge in [-0.05, 0) is 31.0 Å². The molecule has 1 aliphatic heterocycles. The molecular formula is C15H22N2O2. The van der Waals surface area contributed by atoms with Crippen LogP contribution in [0.2, 0.25) is 0 Å². The predicted molar refractivity (Wildman–Crippen MR) is 74.9 cm³/mol. The van der Waals surface area contributed by atoms with E-state index in [0.717, 1.165) is 38.2 Å². The SMILES string of the molecule is CCNCC1CCN(C(=O)OCc2ccccc2)C1. The highest BCUT2D eigenvalue weighted by atomic mass is 16.6. The van der Waals surface area contributed by atoms with E-state index in [1.54, 1.807) is 0 Å². The molecule has 1 atom stereocenters. The number of benzene rings is 1. The first-order valence-electron chi connectivity index (χ1n) is 6.96. The Hall–Kier alpha value is -1.55. The van der Waals surface area contributed by atoms with Crippen LogP contribution in [0.4, 0.5) is 4.79 Å². The van der Waals surface area contributed by atoms with E-state index in [0.29, 0.717) is 12.5 Å². The van der Waals surface area contributed by atoms with E-state index in [1.807, 2.05) is 35.2 Å². The second-order valence-electron chi connectivity index (χ2n) is 4.95. The lowest BCUT2D eigenvalue weighted by Crippen LogP contribution is -2.31. The Morgan fingerprint density at radius 3 is 2.95 bits per heavy atom. The van der Waals surface area contributed by atoms with Gasteiger partial charge >= 0.3 is 6.09 Å². The molecule has 0 aliphatic carbocycles. The number of nitrogens with one attached hydrogen (secondary N) is 1. The van der Waals surface area contributed by atoms with E-state index in [-0.39, 0.29) is 6.09 Å². The van der Waals surface area contributed by atoms with E-state index in [2.05, 4.69) is 12.2 Å². The Labute approximate surface area is 114 Å². The van der Waals surface area contributed by atoms with Gasteiger partial charge in [-0.25, -0.2) is 4.79 Å². The van der Waals surface area contributed by atoms with Crippen LogP contribution in [0, 0.1) is 5.92 Å². The molecular weight excluding hydrogens is 240 g/mol. The van der Waals surface area contributed by atoms with E-state index in [1.165, 1.54) is 0 Å². The molecule has 1 aromatic rings. The van der Waals surface area contributed by atoms with Crippen molar-refractivity contribution < 1.29 is 9.53 Å². The van der Waals surface area contributed by atoms with E-state index in [4.69, 9.17) is 4.74 Å². The van der Waals surface area contributed by atoms with Crippen molar-refractivity contribution >= 4 is 6.09 Å². The van der Waals surface area contributed by atoms with Crippen LogP contribution >= 0.6 is 0 Å². The van der Waals surface area contributed by atoms with Gasteiger partial charge < -0.3 is 15.0 Å². The molecule has 1 amide bonds. The molecule has 1 aromatic carbocycles. The summed E-state index contributed by atoms with van der Waals surface area (Å²) >= 11 is 0. The molecule has 1 N–H and O–H groups in total. The summed E-state index contributed by atoms with van der Waals surface area (Å²) in [6, 6.07) is 9.78. The Morgan fingerprint density at radius 2 is 2.21 bits per heavy atom. The minimum atomic E-state index is -0.192. The number of carbonyl (C=O) groups is 1. The summed E-state index contributed by atoms with van der Waals surface area (Å²) in [4.78, 5) is 13.7. The fourth-order valence-corrected chi connectivity index (χ4v) is 2.32. The monoisotopic (exact) mass is 262 g/mol. The highest BCUT2D eigenvalue weighted by Crippen LogP contribution is 2.16. The number of ether oxygens (including phenoxy) is 1. The van der Waals surface area contributed by atoms with Gasteiger partial charge in [0.25, 0.3) is 0 Å². The minimum absolute atomic E-state index is 0.192. The first-order chi connectivity index (χ1) is 9.29. The molecule has 1 unspecified atom stereocenters. The van der Waals surface area contributed by atoms with Crippen LogP contribution in [0.3, 0.4) is 0 Å². The molecule has 4 heteroatoms. The van der Waals surface area contributed by atoms with Crippen molar-refractivity contribution in [3.05, 3.63) is 35.9 Å². The van der Waals surface area contributed by atoms with Crippen molar-refractivity contribution in [1.29, 1.82) is 0 Å². The summed E-state index contributed by atoms with van der Waals surface area (Å²) in [6.07, 6.45) is 0.871. The maximum atomic E-state index is 11.9. The van der Waals surface area contributed by atoms with Crippen LogP contribution in [0.5, 0.6) is 0 Å². The molecule has 1 fully saturated rings. The number of hydrogen-bond donors (Lipinski definition) is 1. The zero-order valence-corrected chi connectivity index (χ0v) is 11.5. The molecule has 0 bridgehead atoms. The van der Waals surface area contributed by atoms with Gasteiger partial charge in [0.1, 0.15) is 6.61 Å². The van der Waals surface area contributed by atoms with Crippen LogP contribution in [0.25, 0.3) is 0 Å². The molecule has 104 valence electrons. The lowest BCUT2D eigenvalue weighted by molar-refractivity contribution is 0.103. The van der Waals surface area contributed by atoms with Crippen molar-refractivity contribution in [1.82, 2.24) is 10.2 Å². The van der Waals surface area contributed by atoms with E-state index in [9.17, 15) is 4.79 Å². The standard InChI is InChI=1S/C15H22N2O2/c1-2-16-10-14-8-9-17(11-14)15(18)19-12-13-6-4-3-5-7-13/h3-7,14,16H,2,8-12H2,1H3. The summed E-state index contributed by atoms with van der Waals surface area (Å²) in [6.45, 7) is 6.03. The lowest BCUT2D eigenvalue weighted by Gasteiger charge is -2.16. The normalized spacial score (nSPS) is 18.6. The van der Waals surface area contributed by atoms with Crippen LogP contribution in [-0.4, -0.2) is 37.2 Å². The molecule has 0 aromatic heterocycles. The Kier molecular flexibility index (Phi) is 5.21. The number of rotatable bonds is 5. The lowest BCUT2D eigenvalue weighted by atomic mass is 10.1. The van der Waals surface area contributed by atoms with Crippen LogP contribution < -0.4 is 5.32 Å². The number of likely N-dealkylation sites (tertiary alicyclic amines) is 1. The topological polar surface area (TPSA) is 41.6 Å². The zero-order valence-electron chi connectivity index (χ0n) is 11.5. The second-order valence-corrected chi connectivity index (χ2v) is 4.95. The molecule has 1 heterocycles. The molecule has 4 nitrogen and oxygen atoms in total. The van der Waals surface area contributed by atoms with Gasteiger partial charge in [-0.15, -0.1) is 0 Å². The van der Waals surface area contributed by atoms with Gasteiger partial charge in [0.15, 0.2) is 0 Å². The molecule has 2 rings (SSSR count). The number of carbonyl (C=O) groups excluding carboxylic acids is 1. The van der Waals surface area contributed by atoms with Gasteiger partial charge in [0.05, 0.1) is 0 Å². The maximum Gasteiger partial charge on any atom is 0.410 e. The maximum absolute atomic E-state index is 11.9. The molecule has 1 aliphatic rings. The van der Waals surface area contributed by atoms with Gasteiger partial charge in [-0.3, -0.25) is 0 Å².